The van der Waals surface area contributed by atoms with E-state index in [1.165, 1.54) is 0 Å². The van der Waals surface area contributed by atoms with Crippen LogP contribution >= 0.6 is 0 Å². The van der Waals surface area contributed by atoms with Crippen molar-refractivity contribution in [2.45, 2.75) is 0 Å². The van der Waals surface area contributed by atoms with Crippen molar-refractivity contribution in [2.24, 2.45) is 5.84 Å². The molecule has 0 spiro atoms. The van der Waals surface area contributed by atoms with Crippen molar-refractivity contribution in [3.8, 4) is 5.75 Å². The number of hydrogen-bond acceptors (Lipinski definition) is 4. The molecule has 3 N–H and O–H groups in total. The summed E-state index contributed by atoms with van der Waals surface area (Å²) in [7, 11) is -3.51. The summed E-state index contributed by atoms with van der Waals surface area (Å²) in [6, 6.07) is 8.62. The van der Waals surface area contributed by atoms with Crippen LogP contribution in [0.4, 0.5) is 0 Å². The number of hydrazine groups is 1. The van der Waals surface area contributed by atoms with Gasteiger partial charge in [0.25, 0.3) is 10.0 Å². The van der Waals surface area contributed by atoms with Crippen LogP contribution in [0.3, 0.4) is 0 Å². The molecule has 1 aromatic rings. The molecular weight excluding hydrogens is 192 g/mol. The maximum absolute atomic E-state index is 10.8. The van der Waals surface area contributed by atoms with E-state index in [9.17, 15) is 8.42 Å². The number of hydrogen-bond donors (Lipinski definition) is 2. The van der Waals surface area contributed by atoms with Gasteiger partial charge in [-0.2, -0.15) is 4.83 Å². The second-order valence-corrected chi connectivity index (χ2v) is 4.01. The quantitative estimate of drug-likeness (QED) is 0.524. The van der Waals surface area contributed by atoms with Gasteiger partial charge in [-0.05, 0) is 12.1 Å². The number of benzene rings is 1. The molecule has 1 aromatic carbocycles. The fraction of sp³-hybridized carbons (Fsp3) is 0.143. The Bertz CT molecular complexity index is 349. The summed E-state index contributed by atoms with van der Waals surface area (Å²) >= 11 is 0. The van der Waals surface area contributed by atoms with Gasteiger partial charge in [-0.1, -0.05) is 18.2 Å². The van der Waals surface area contributed by atoms with Gasteiger partial charge >= 0.3 is 0 Å². The molecule has 5 nitrogen and oxygen atoms in total. The van der Waals surface area contributed by atoms with Gasteiger partial charge in [0, 0.05) is 0 Å². The number of nitrogens with two attached hydrogens (primary N) is 1. The van der Waals surface area contributed by atoms with Gasteiger partial charge in [0.05, 0.1) is 0 Å². The Morgan fingerprint density at radius 3 is 2.46 bits per heavy atom. The van der Waals surface area contributed by atoms with Gasteiger partial charge in [0.2, 0.25) is 5.94 Å². The first-order valence-electron chi connectivity index (χ1n) is 3.52. The zero-order chi connectivity index (χ0) is 9.73. The molecule has 1 rings (SSSR count). The minimum Gasteiger partial charge on any atom is -0.476 e. The van der Waals surface area contributed by atoms with E-state index in [0.717, 1.165) is 0 Å². The minimum absolute atomic E-state index is 0.479. The number of nitrogens with one attached hydrogen (secondary N) is 1. The van der Waals surface area contributed by atoms with E-state index < -0.39 is 16.0 Å². The average molecular weight is 202 g/mol. The van der Waals surface area contributed by atoms with Gasteiger partial charge in [0.15, 0.2) is 0 Å². The largest absolute Gasteiger partial charge is 0.476 e. The van der Waals surface area contributed by atoms with Crippen molar-refractivity contribution in [3.05, 3.63) is 30.3 Å². The molecule has 0 aliphatic carbocycles. The lowest BCUT2D eigenvalue weighted by atomic mass is 10.3. The van der Waals surface area contributed by atoms with Crippen molar-refractivity contribution < 1.29 is 13.2 Å². The van der Waals surface area contributed by atoms with Crippen LogP contribution in [0.2, 0.25) is 0 Å². The molecule has 0 unspecified atom stereocenters. The molecule has 0 amide bonds. The summed E-state index contributed by atoms with van der Waals surface area (Å²) in [6.45, 7) is 0. The third kappa shape index (κ3) is 3.41. The van der Waals surface area contributed by atoms with E-state index in [4.69, 9.17) is 10.6 Å². The predicted molar refractivity (Wildman–Crippen MR) is 48.2 cm³/mol. The third-order valence-corrected chi connectivity index (χ3v) is 2.09. The van der Waals surface area contributed by atoms with Crippen molar-refractivity contribution in [1.29, 1.82) is 0 Å². The molecule has 0 aromatic heterocycles. The van der Waals surface area contributed by atoms with Crippen LogP contribution < -0.4 is 15.4 Å². The Hall–Kier alpha value is -1.11. The predicted octanol–water partition coefficient (Wildman–Crippen LogP) is -0.184. The zero-order valence-corrected chi connectivity index (χ0v) is 7.62. The Labute approximate surface area is 76.5 Å². The third-order valence-electron chi connectivity index (χ3n) is 1.30. The molecule has 72 valence electrons. The van der Waals surface area contributed by atoms with Crippen molar-refractivity contribution in [1.82, 2.24) is 4.83 Å². The van der Waals surface area contributed by atoms with Gasteiger partial charge in [-0.15, -0.1) is 0 Å². The molecule has 0 aliphatic rings. The van der Waals surface area contributed by atoms with Gasteiger partial charge < -0.3 is 4.74 Å². The van der Waals surface area contributed by atoms with Gasteiger partial charge in [-0.3, -0.25) is 5.84 Å². The maximum atomic E-state index is 10.8. The Kier molecular flexibility index (Phi) is 3.24. The van der Waals surface area contributed by atoms with E-state index in [-0.39, 0.29) is 0 Å². The first-order chi connectivity index (χ1) is 6.14. The van der Waals surface area contributed by atoms with E-state index >= 15 is 0 Å². The Balaban J connectivity index is 2.54. The van der Waals surface area contributed by atoms with Gasteiger partial charge in [-0.25, -0.2) is 8.42 Å². The zero-order valence-electron chi connectivity index (χ0n) is 6.80. The Morgan fingerprint density at radius 2 is 1.92 bits per heavy atom. The highest BCUT2D eigenvalue weighted by Gasteiger charge is 2.07. The molecular formula is C7H10N2O3S. The van der Waals surface area contributed by atoms with Crippen molar-refractivity contribution >= 4 is 10.0 Å². The van der Waals surface area contributed by atoms with Crippen LogP contribution in [0.25, 0.3) is 0 Å². The first kappa shape index (κ1) is 9.97. The smallest absolute Gasteiger partial charge is 0.259 e. The van der Waals surface area contributed by atoms with E-state index in [1.54, 1.807) is 29.1 Å². The number of sulfonamides is 1. The number of ether oxygens (including phenoxy) is 1. The number of para-hydroxylation sites is 1. The molecule has 0 aliphatic heterocycles. The second kappa shape index (κ2) is 4.22. The van der Waals surface area contributed by atoms with Crippen molar-refractivity contribution in [2.75, 3.05) is 5.94 Å². The molecule has 6 heteroatoms. The molecule has 13 heavy (non-hydrogen) atoms. The maximum Gasteiger partial charge on any atom is 0.259 e. The normalized spacial score (nSPS) is 11.2. The molecule has 0 heterocycles. The summed E-state index contributed by atoms with van der Waals surface area (Å²) in [6.07, 6.45) is 0. The summed E-state index contributed by atoms with van der Waals surface area (Å²) in [5.74, 6) is 4.76. The summed E-state index contributed by atoms with van der Waals surface area (Å²) in [4.78, 5) is 1.66. The lowest BCUT2D eigenvalue weighted by molar-refractivity contribution is 0.374. The van der Waals surface area contributed by atoms with Crippen LogP contribution in [0.15, 0.2) is 30.3 Å². The minimum atomic E-state index is -3.51. The summed E-state index contributed by atoms with van der Waals surface area (Å²) in [5, 5.41) is 0. The SMILES string of the molecule is NNS(=O)(=O)COc1ccccc1. The van der Waals surface area contributed by atoms with Crippen LogP contribution in [-0.4, -0.2) is 14.4 Å². The highest BCUT2D eigenvalue weighted by molar-refractivity contribution is 7.89. The Morgan fingerprint density at radius 1 is 1.31 bits per heavy atom. The fourth-order valence-corrected chi connectivity index (χ4v) is 1.06. The van der Waals surface area contributed by atoms with Crippen LogP contribution in [0.5, 0.6) is 5.75 Å². The molecule has 0 fully saturated rings. The van der Waals surface area contributed by atoms with Gasteiger partial charge in [0.1, 0.15) is 5.75 Å². The van der Waals surface area contributed by atoms with E-state index in [0.29, 0.717) is 5.75 Å². The van der Waals surface area contributed by atoms with E-state index in [2.05, 4.69) is 0 Å². The molecule has 0 radical (unpaired) electrons. The van der Waals surface area contributed by atoms with E-state index in [1.807, 2.05) is 6.07 Å². The van der Waals surface area contributed by atoms with Crippen LogP contribution in [0.1, 0.15) is 0 Å². The lowest BCUT2D eigenvalue weighted by Crippen LogP contribution is -2.34. The first-order valence-corrected chi connectivity index (χ1v) is 5.17. The standard InChI is InChI=1S/C7H10N2O3S/c8-9-13(10,11)6-12-7-4-2-1-3-5-7/h1-5,9H,6,8H2. The van der Waals surface area contributed by atoms with Crippen molar-refractivity contribution in [3.63, 3.8) is 0 Å². The molecule has 0 bridgehead atoms. The van der Waals surface area contributed by atoms with Crippen LogP contribution in [0, 0.1) is 0 Å². The lowest BCUT2D eigenvalue weighted by Gasteiger charge is -2.04. The number of rotatable bonds is 4. The highest BCUT2D eigenvalue weighted by Crippen LogP contribution is 2.08. The molecule has 0 saturated heterocycles. The highest BCUT2D eigenvalue weighted by atomic mass is 32.2. The monoisotopic (exact) mass is 202 g/mol. The second-order valence-electron chi connectivity index (χ2n) is 2.31. The summed E-state index contributed by atoms with van der Waals surface area (Å²) < 4.78 is 26.6. The fourth-order valence-electron chi connectivity index (χ4n) is 0.696. The summed E-state index contributed by atoms with van der Waals surface area (Å²) in [5.41, 5.74) is 0. The molecule has 0 atom stereocenters. The van der Waals surface area contributed by atoms with Crippen LogP contribution in [-0.2, 0) is 10.0 Å². The topological polar surface area (TPSA) is 81.4 Å². The average Bonchev–Trinajstić information content (AvgIpc) is 2.17. The molecule has 0 saturated carbocycles.